The van der Waals surface area contributed by atoms with E-state index >= 15 is 0 Å². The smallest absolute Gasteiger partial charge is 0.0117 e. The molecule has 0 aliphatic heterocycles. The fourth-order valence-electron chi connectivity index (χ4n) is 1.99. The monoisotopic (exact) mass is 162 g/mol. The van der Waals surface area contributed by atoms with Crippen molar-refractivity contribution in [3.8, 4) is 0 Å². The standard InChI is InChI=1S/C12H18/c1-2-4-6-8-12(10-11-12)9-7-5-3-1/h1-2,7,9H,3-6,8,10-11H2/b2-1?,9-7+. The van der Waals surface area contributed by atoms with Gasteiger partial charge in [-0.15, -0.1) is 0 Å². The average Bonchev–Trinajstić information content (AvgIpc) is 2.84. The lowest BCUT2D eigenvalue weighted by Gasteiger charge is -2.09. The first-order valence-corrected chi connectivity index (χ1v) is 5.24. The number of allylic oxidation sites excluding steroid dienone is 4. The maximum absolute atomic E-state index is 2.49. The van der Waals surface area contributed by atoms with Crippen molar-refractivity contribution in [3.63, 3.8) is 0 Å². The van der Waals surface area contributed by atoms with Crippen LogP contribution in [0.1, 0.15) is 44.9 Å². The number of hydrogen-bond donors (Lipinski definition) is 0. The van der Waals surface area contributed by atoms with Gasteiger partial charge in [0.1, 0.15) is 0 Å². The van der Waals surface area contributed by atoms with Crippen LogP contribution in [-0.2, 0) is 0 Å². The van der Waals surface area contributed by atoms with Gasteiger partial charge in [-0.25, -0.2) is 0 Å². The minimum Gasteiger partial charge on any atom is -0.0885 e. The number of hydrogen-bond acceptors (Lipinski definition) is 0. The summed E-state index contributed by atoms with van der Waals surface area (Å²) in [5, 5.41) is 0. The van der Waals surface area contributed by atoms with Crippen molar-refractivity contribution < 1.29 is 0 Å². The highest BCUT2D eigenvalue weighted by Gasteiger charge is 2.38. The Morgan fingerprint density at radius 3 is 2.33 bits per heavy atom. The Bertz CT molecular complexity index is 194. The van der Waals surface area contributed by atoms with Crippen LogP contribution < -0.4 is 0 Å². The van der Waals surface area contributed by atoms with Gasteiger partial charge in [0.25, 0.3) is 0 Å². The van der Waals surface area contributed by atoms with E-state index in [0.29, 0.717) is 5.41 Å². The molecule has 0 atom stereocenters. The topological polar surface area (TPSA) is 0 Å². The zero-order chi connectivity index (χ0) is 8.28. The van der Waals surface area contributed by atoms with Crippen LogP contribution in [0.15, 0.2) is 24.3 Å². The van der Waals surface area contributed by atoms with Crippen LogP contribution in [0.4, 0.5) is 0 Å². The molecule has 0 unspecified atom stereocenters. The Labute approximate surface area is 75.4 Å². The molecule has 2 aliphatic rings. The lowest BCUT2D eigenvalue weighted by atomic mass is 9.97. The maximum atomic E-state index is 2.49. The maximum Gasteiger partial charge on any atom is -0.0117 e. The molecule has 12 heavy (non-hydrogen) atoms. The predicted molar refractivity (Wildman–Crippen MR) is 53.0 cm³/mol. The van der Waals surface area contributed by atoms with Crippen LogP contribution >= 0.6 is 0 Å². The van der Waals surface area contributed by atoms with Crippen LogP contribution in [0.2, 0.25) is 0 Å². The normalized spacial score (nSPS) is 30.0. The molecule has 0 saturated heterocycles. The van der Waals surface area contributed by atoms with Gasteiger partial charge < -0.3 is 0 Å². The molecule has 0 amide bonds. The molecule has 2 aliphatic carbocycles. The molecule has 0 nitrogen and oxygen atoms in total. The van der Waals surface area contributed by atoms with Gasteiger partial charge in [-0.2, -0.15) is 0 Å². The molecule has 0 aromatic rings. The van der Waals surface area contributed by atoms with Crippen LogP contribution in [0.25, 0.3) is 0 Å². The van der Waals surface area contributed by atoms with Crippen molar-refractivity contribution in [2.75, 3.05) is 0 Å². The summed E-state index contributed by atoms with van der Waals surface area (Å²) in [6.45, 7) is 0. The highest BCUT2D eigenvalue weighted by molar-refractivity contribution is 5.10. The lowest BCUT2D eigenvalue weighted by molar-refractivity contribution is 0.552. The second-order valence-electron chi connectivity index (χ2n) is 4.21. The van der Waals surface area contributed by atoms with Crippen molar-refractivity contribution >= 4 is 0 Å². The zero-order valence-electron chi connectivity index (χ0n) is 7.76. The van der Waals surface area contributed by atoms with Crippen molar-refractivity contribution in [2.24, 2.45) is 5.41 Å². The second kappa shape index (κ2) is 3.47. The van der Waals surface area contributed by atoms with E-state index in [1.165, 1.54) is 44.9 Å². The molecule has 1 fully saturated rings. The van der Waals surface area contributed by atoms with E-state index in [9.17, 15) is 0 Å². The van der Waals surface area contributed by atoms with Crippen molar-refractivity contribution in [2.45, 2.75) is 44.9 Å². The van der Waals surface area contributed by atoms with Crippen LogP contribution in [-0.4, -0.2) is 0 Å². The molecule has 1 spiro atoms. The summed E-state index contributed by atoms with van der Waals surface area (Å²) in [5.41, 5.74) is 0.672. The highest BCUT2D eigenvalue weighted by Crippen LogP contribution is 2.51. The largest absolute Gasteiger partial charge is 0.0885 e. The molecule has 1 saturated carbocycles. The quantitative estimate of drug-likeness (QED) is 0.475. The molecule has 0 heteroatoms. The molecular weight excluding hydrogens is 144 g/mol. The van der Waals surface area contributed by atoms with E-state index in [1.807, 2.05) is 0 Å². The van der Waals surface area contributed by atoms with E-state index < -0.39 is 0 Å². The Morgan fingerprint density at radius 1 is 0.750 bits per heavy atom. The molecule has 0 bridgehead atoms. The Hall–Kier alpha value is -0.520. The lowest BCUT2D eigenvalue weighted by Crippen LogP contribution is -1.95. The van der Waals surface area contributed by atoms with E-state index in [0.717, 1.165) is 0 Å². The summed E-state index contributed by atoms with van der Waals surface area (Å²) in [6, 6.07) is 0. The van der Waals surface area contributed by atoms with Crippen LogP contribution in [0, 0.1) is 5.41 Å². The highest BCUT2D eigenvalue weighted by atomic mass is 14.4. The Morgan fingerprint density at radius 2 is 1.50 bits per heavy atom. The van der Waals surface area contributed by atoms with Crippen molar-refractivity contribution in [3.05, 3.63) is 24.3 Å². The molecule has 0 aromatic carbocycles. The van der Waals surface area contributed by atoms with E-state index in [1.54, 1.807) is 0 Å². The third kappa shape index (κ3) is 2.00. The Kier molecular flexibility index (Phi) is 2.34. The predicted octanol–water partition coefficient (Wildman–Crippen LogP) is 3.84. The summed E-state index contributed by atoms with van der Waals surface area (Å²) in [7, 11) is 0. The van der Waals surface area contributed by atoms with Gasteiger partial charge in [0, 0.05) is 0 Å². The summed E-state index contributed by atoms with van der Waals surface area (Å²) in [5.74, 6) is 0. The molecule has 0 N–H and O–H groups in total. The summed E-state index contributed by atoms with van der Waals surface area (Å²) >= 11 is 0. The second-order valence-corrected chi connectivity index (χ2v) is 4.21. The van der Waals surface area contributed by atoms with Gasteiger partial charge in [0.15, 0.2) is 0 Å². The minimum absolute atomic E-state index is 0.672. The summed E-state index contributed by atoms with van der Waals surface area (Å²) in [4.78, 5) is 0. The van der Waals surface area contributed by atoms with Gasteiger partial charge in [0.2, 0.25) is 0 Å². The van der Waals surface area contributed by atoms with Gasteiger partial charge in [0.05, 0.1) is 0 Å². The van der Waals surface area contributed by atoms with E-state index in [4.69, 9.17) is 0 Å². The van der Waals surface area contributed by atoms with Gasteiger partial charge >= 0.3 is 0 Å². The van der Waals surface area contributed by atoms with Gasteiger partial charge in [-0.05, 0) is 50.4 Å². The molecule has 0 radical (unpaired) electrons. The summed E-state index contributed by atoms with van der Waals surface area (Å²) in [6.07, 6.45) is 19.1. The first-order chi connectivity index (χ1) is 5.91. The van der Waals surface area contributed by atoms with E-state index in [2.05, 4.69) is 24.3 Å². The fourth-order valence-corrected chi connectivity index (χ4v) is 1.99. The molecular formula is C12H18. The fraction of sp³-hybridized carbons (Fsp3) is 0.667. The first-order valence-electron chi connectivity index (χ1n) is 5.24. The third-order valence-electron chi connectivity index (χ3n) is 3.08. The molecule has 2 rings (SSSR count). The van der Waals surface area contributed by atoms with Crippen LogP contribution in [0.3, 0.4) is 0 Å². The number of rotatable bonds is 0. The first kappa shape index (κ1) is 8.10. The van der Waals surface area contributed by atoms with Crippen molar-refractivity contribution in [1.82, 2.24) is 0 Å². The zero-order valence-corrected chi connectivity index (χ0v) is 7.76. The molecule has 0 aromatic heterocycles. The molecule has 66 valence electrons. The van der Waals surface area contributed by atoms with Crippen molar-refractivity contribution in [1.29, 1.82) is 0 Å². The molecule has 0 heterocycles. The SMILES string of the molecule is C1=CCCCC2(/C=C/CC1)CC2. The van der Waals surface area contributed by atoms with E-state index in [-0.39, 0.29) is 0 Å². The average molecular weight is 162 g/mol. The third-order valence-corrected chi connectivity index (χ3v) is 3.08. The minimum atomic E-state index is 0.672. The van der Waals surface area contributed by atoms with Gasteiger partial charge in [-0.1, -0.05) is 24.3 Å². The van der Waals surface area contributed by atoms with Gasteiger partial charge in [-0.3, -0.25) is 0 Å². The Balaban J connectivity index is 1.93. The van der Waals surface area contributed by atoms with Crippen LogP contribution in [0.5, 0.6) is 0 Å². The summed E-state index contributed by atoms with van der Waals surface area (Å²) < 4.78 is 0.